The molecule has 0 atom stereocenters. The fourth-order valence-corrected chi connectivity index (χ4v) is 2.22. The lowest BCUT2D eigenvalue weighted by Gasteiger charge is -2.02. The van der Waals surface area contributed by atoms with Crippen molar-refractivity contribution < 1.29 is 4.79 Å². The van der Waals surface area contributed by atoms with Gasteiger partial charge in [-0.3, -0.25) is 9.48 Å². The first-order valence-corrected chi connectivity index (χ1v) is 5.76. The molecule has 0 aliphatic carbocycles. The Morgan fingerprint density at radius 3 is 2.69 bits per heavy atom. The number of nitrogens with one attached hydrogen (secondary N) is 1. The lowest BCUT2D eigenvalue weighted by molar-refractivity contribution is 0.102. The molecule has 0 aliphatic heterocycles. The van der Waals surface area contributed by atoms with Crippen molar-refractivity contribution in [3.63, 3.8) is 0 Å². The first kappa shape index (κ1) is 10.9. The molecular weight excluding hydrogens is 222 g/mol. The Bertz CT molecular complexity index is 527. The van der Waals surface area contributed by atoms with Crippen LogP contribution in [0, 0.1) is 13.8 Å². The molecule has 0 saturated heterocycles. The summed E-state index contributed by atoms with van der Waals surface area (Å²) in [5, 5.41) is 7.00. The number of aryl methyl sites for hydroxylation is 3. The molecule has 2 aromatic heterocycles. The number of hydrogen-bond donors (Lipinski definition) is 1. The largest absolute Gasteiger partial charge is 0.306 e. The van der Waals surface area contributed by atoms with Crippen LogP contribution in [0.2, 0.25) is 0 Å². The summed E-state index contributed by atoms with van der Waals surface area (Å²) in [4.78, 5) is 13.7. The van der Waals surface area contributed by atoms with E-state index in [0.717, 1.165) is 15.4 Å². The number of hydrogen-bond acceptors (Lipinski definition) is 3. The van der Waals surface area contributed by atoms with E-state index in [1.807, 2.05) is 39.1 Å². The van der Waals surface area contributed by atoms with Gasteiger partial charge in [-0.2, -0.15) is 5.10 Å². The second kappa shape index (κ2) is 4.09. The topological polar surface area (TPSA) is 46.9 Å². The summed E-state index contributed by atoms with van der Waals surface area (Å²) < 4.78 is 1.66. The molecular formula is C11H13N3OS. The Balaban J connectivity index is 2.16. The Labute approximate surface area is 97.9 Å². The van der Waals surface area contributed by atoms with E-state index in [4.69, 9.17) is 0 Å². The number of aromatic nitrogens is 2. The van der Waals surface area contributed by atoms with Crippen molar-refractivity contribution in [2.75, 3.05) is 5.32 Å². The maximum Gasteiger partial charge on any atom is 0.266 e. The van der Waals surface area contributed by atoms with Gasteiger partial charge in [0.15, 0.2) is 0 Å². The van der Waals surface area contributed by atoms with Gasteiger partial charge < -0.3 is 5.32 Å². The molecule has 2 heterocycles. The van der Waals surface area contributed by atoms with Crippen LogP contribution in [-0.2, 0) is 7.05 Å². The third-order valence-electron chi connectivity index (χ3n) is 2.21. The molecule has 5 heteroatoms. The number of amides is 1. The summed E-state index contributed by atoms with van der Waals surface area (Å²) in [6.45, 7) is 3.88. The molecule has 0 aromatic carbocycles. The van der Waals surface area contributed by atoms with Crippen molar-refractivity contribution in [1.29, 1.82) is 0 Å². The first-order chi connectivity index (χ1) is 7.56. The fourth-order valence-electron chi connectivity index (χ4n) is 1.46. The van der Waals surface area contributed by atoms with Gasteiger partial charge in [-0.15, -0.1) is 11.3 Å². The first-order valence-electron chi connectivity index (χ1n) is 4.94. The molecule has 0 radical (unpaired) electrons. The summed E-state index contributed by atoms with van der Waals surface area (Å²) in [6, 6.07) is 5.62. The molecule has 0 spiro atoms. The third kappa shape index (κ3) is 2.14. The van der Waals surface area contributed by atoms with Crippen molar-refractivity contribution >= 4 is 23.1 Å². The van der Waals surface area contributed by atoms with Gasteiger partial charge in [-0.1, -0.05) is 0 Å². The van der Waals surface area contributed by atoms with Gasteiger partial charge in [0.05, 0.1) is 10.6 Å². The predicted molar refractivity (Wildman–Crippen MR) is 65.0 cm³/mol. The summed E-state index contributed by atoms with van der Waals surface area (Å²) in [5.74, 6) is 0.634. The van der Waals surface area contributed by atoms with Gasteiger partial charge in [0, 0.05) is 18.0 Å². The van der Waals surface area contributed by atoms with Gasteiger partial charge in [-0.25, -0.2) is 0 Å². The molecule has 4 nitrogen and oxygen atoms in total. The highest BCUT2D eigenvalue weighted by Gasteiger charge is 2.10. The molecule has 1 N–H and O–H groups in total. The third-order valence-corrected chi connectivity index (χ3v) is 3.21. The van der Waals surface area contributed by atoms with Gasteiger partial charge >= 0.3 is 0 Å². The van der Waals surface area contributed by atoms with Crippen LogP contribution < -0.4 is 5.32 Å². The van der Waals surface area contributed by atoms with Crippen LogP contribution in [0.4, 0.5) is 5.82 Å². The van der Waals surface area contributed by atoms with Gasteiger partial charge in [0.2, 0.25) is 0 Å². The molecule has 16 heavy (non-hydrogen) atoms. The fraction of sp³-hybridized carbons (Fsp3) is 0.273. The van der Waals surface area contributed by atoms with Crippen molar-refractivity contribution in [2.45, 2.75) is 13.8 Å². The maximum absolute atomic E-state index is 11.8. The molecule has 1 amide bonds. The minimum atomic E-state index is -0.0823. The van der Waals surface area contributed by atoms with Crippen molar-refractivity contribution in [2.24, 2.45) is 7.05 Å². The van der Waals surface area contributed by atoms with E-state index in [-0.39, 0.29) is 5.91 Å². The number of anilines is 1. The van der Waals surface area contributed by atoms with E-state index in [2.05, 4.69) is 10.4 Å². The molecule has 0 aliphatic rings. The molecule has 0 fully saturated rings. The Kier molecular flexibility index (Phi) is 2.78. The normalized spacial score (nSPS) is 10.4. The van der Waals surface area contributed by atoms with Crippen LogP contribution in [0.3, 0.4) is 0 Å². The van der Waals surface area contributed by atoms with Crippen LogP contribution in [0.5, 0.6) is 0 Å². The zero-order valence-electron chi connectivity index (χ0n) is 9.44. The Hall–Kier alpha value is -1.62. The van der Waals surface area contributed by atoms with E-state index in [1.54, 1.807) is 4.68 Å². The summed E-state index contributed by atoms with van der Waals surface area (Å²) in [7, 11) is 1.81. The van der Waals surface area contributed by atoms with Gasteiger partial charge in [0.25, 0.3) is 5.91 Å². The molecule has 0 bridgehead atoms. The Morgan fingerprint density at radius 1 is 1.44 bits per heavy atom. The van der Waals surface area contributed by atoms with E-state index in [9.17, 15) is 4.79 Å². The number of carbonyl (C=O) groups excluding carboxylic acids is 1. The molecule has 2 aromatic rings. The van der Waals surface area contributed by atoms with E-state index >= 15 is 0 Å². The highest BCUT2D eigenvalue weighted by molar-refractivity contribution is 7.14. The van der Waals surface area contributed by atoms with Crippen LogP contribution in [-0.4, -0.2) is 15.7 Å². The quantitative estimate of drug-likeness (QED) is 0.868. The van der Waals surface area contributed by atoms with Gasteiger partial charge in [-0.05, 0) is 26.0 Å². The van der Waals surface area contributed by atoms with E-state index in [0.29, 0.717) is 5.82 Å². The zero-order valence-corrected chi connectivity index (χ0v) is 10.3. The monoisotopic (exact) mass is 235 g/mol. The SMILES string of the molecule is Cc1cc(NC(=O)c2ccc(C)s2)n(C)n1. The average Bonchev–Trinajstić information content (AvgIpc) is 2.74. The minimum Gasteiger partial charge on any atom is -0.306 e. The van der Waals surface area contributed by atoms with Crippen LogP contribution in [0.15, 0.2) is 18.2 Å². The zero-order chi connectivity index (χ0) is 11.7. The second-order valence-electron chi connectivity index (χ2n) is 3.66. The number of thiophene rings is 1. The highest BCUT2D eigenvalue weighted by Crippen LogP contribution is 2.17. The number of carbonyl (C=O) groups is 1. The van der Waals surface area contributed by atoms with Crippen molar-refractivity contribution in [3.05, 3.63) is 33.6 Å². The summed E-state index contributed by atoms with van der Waals surface area (Å²) in [6.07, 6.45) is 0. The average molecular weight is 235 g/mol. The molecule has 0 saturated carbocycles. The van der Waals surface area contributed by atoms with Gasteiger partial charge in [0.1, 0.15) is 5.82 Å². The number of rotatable bonds is 2. The summed E-state index contributed by atoms with van der Waals surface area (Å²) >= 11 is 1.49. The van der Waals surface area contributed by atoms with E-state index < -0.39 is 0 Å². The summed E-state index contributed by atoms with van der Waals surface area (Å²) in [5.41, 5.74) is 0.889. The molecule has 84 valence electrons. The Morgan fingerprint density at radius 2 is 2.19 bits per heavy atom. The molecule has 2 rings (SSSR count). The standard InChI is InChI=1S/C11H13N3OS/c1-7-6-10(14(3)13-7)12-11(15)9-5-4-8(2)16-9/h4-6H,1-3H3,(H,12,15). The maximum atomic E-state index is 11.8. The van der Waals surface area contributed by atoms with Crippen LogP contribution in [0.1, 0.15) is 20.2 Å². The molecule has 0 unspecified atom stereocenters. The van der Waals surface area contributed by atoms with Crippen molar-refractivity contribution in [3.8, 4) is 0 Å². The number of nitrogens with zero attached hydrogens (tertiary/aromatic N) is 2. The van der Waals surface area contributed by atoms with Crippen LogP contribution in [0.25, 0.3) is 0 Å². The lowest BCUT2D eigenvalue weighted by atomic mass is 10.4. The van der Waals surface area contributed by atoms with E-state index in [1.165, 1.54) is 11.3 Å². The smallest absolute Gasteiger partial charge is 0.266 e. The van der Waals surface area contributed by atoms with Crippen molar-refractivity contribution in [1.82, 2.24) is 9.78 Å². The second-order valence-corrected chi connectivity index (χ2v) is 4.95. The van der Waals surface area contributed by atoms with Crippen LogP contribution >= 0.6 is 11.3 Å². The lowest BCUT2D eigenvalue weighted by Crippen LogP contribution is -2.13. The predicted octanol–water partition coefficient (Wildman–Crippen LogP) is 2.35. The minimum absolute atomic E-state index is 0.0823. The highest BCUT2D eigenvalue weighted by atomic mass is 32.1.